The summed E-state index contributed by atoms with van der Waals surface area (Å²) in [5.41, 5.74) is 0. The van der Waals surface area contributed by atoms with Crippen LogP contribution in [-0.2, 0) is 6.42 Å². The molecule has 2 aromatic heterocycles. The van der Waals surface area contributed by atoms with Crippen LogP contribution in [0.4, 0.5) is 0 Å². The second-order valence-electron chi connectivity index (χ2n) is 3.34. The predicted octanol–water partition coefficient (Wildman–Crippen LogP) is 2.80. The van der Waals surface area contributed by atoms with Crippen LogP contribution in [0.25, 0.3) is 0 Å². The Bertz CT molecular complexity index is 444. The summed E-state index contributed by atoms with van der Waals surface area (Å²) in [6.07, 6.45) is 4.45. The maximum Gasteiger partial charge on any atom is 0.145 e. The van der Waals surface area contributed by atoms with Crippen LogP contribution in [0.5, 0.6) is 0 Å². The van der Waals surface area contributed by atoms with Gasteiger partial charge in [0, 0.05) is 28.2 Å². The van der Waals surface area contributed by atoms with Gasteiger partial charge in [-0.15, -0.1) is 11.3 Å². The molecule has 1 unspecified atom stereocenters. The van der Waals surface area contributed by atoms with E-state index in [9.17, 15) is 0 Å². The largest absolute Gasteiger partial charge is 0.310 e. The number of nitrogens with one attached hydrogen (secondary N) is 1. The zero-order valence-corrected chi connectivity index (χ0v) is 11.3. The first-order valence-corrected chi connectivity index (χ1v) is 6.64. The van der Waals surface area contributed by atoms with Gasteiger partial charge in [0.15, 0.2) is 0 Å². The quantitative estimate of drug-likeness (QED) is 0.943. The zero-order valence-electron chi connectivity index (χ0n) is 8.85. The van der Waals surface area contributed by atoms with Crippen LogP contribution in [0.3, 0.4) is 0 Å². The molecule has 0 fully saturated rings. The predicted molar refractivity (Wildman–Crippen MR) is 69.6 cm³/mol. The third-order valence-electron chi connectivity index (χ3n) is 2.33. The van der Waals surface area contributed by atoms with Crippen LogP contribution >= 0.6 is 27.3 Å². The molecule has 84 valence electrons. The van der Waals surface area contributed by atoms with Gasteiger partial charge in [0.1, 0.15) is 5.82 Å². The van der Waals surface area contributed by atoms with Crippen molar-refractivity contribution in [2.24, 2.45) is 0 Å². The van der Waals surface area contributed by atoms with Crippen LogP contribution in [0, 0.1) is 0 Å². The summed E-state index contributed by atoms with van der Waals surface area (Å²) in [6, 6.07) is 4.06. The molecular weight excluding hydrogens is 286 g/mol. The average molecular weight is 298 g/mol. The molecule has 0 spiro atoms. The molecule has 3 nitrogen and oxygen atoms in total. The van der Waals surface area contributed by atoms with Gasteiger partial charge in [-0.25, -0.2) is 9.97 Å². The maximum atomic E-state index is 4.28. The first kappa shape index (κ1) is 11.7. The van der Waals surface area contributed by atoms with Gasteiger partial charge in [-0.3, -0.25) is 0 Å². The lowest BCUT2D eigenvalue weighted by atomic mass is 10.1. The third kappa shape index (κ3) is 2.66. The second kappa shape index (κ2) is 5.52. The Kier molecular flexibility index (Phi) is 4.04. The fourth-order valence-corrected chi connectivity index (χ4v) is 3.03. The van der Waals surface area contributed by atoms with E-state index in [1.54, 1.807) is 23.7 Å². The second-order valence-corrected chi connectivity index (χ2v) is 5.20. The monoisotopic (exact) mass is 297 g/mol. The summed E-state index contributed by atoms with van der Waals surface area (Å²) in [5.74, 6) is 0.838. The average Bonchev–Trinajstić information content (AvgIpc) is 2.73. The molecule has 5 heteroatoms. The first-order valence-electron chi connectivity index (χ1n) is 4.97. The van der Waals surface area contributed by atoms with Crippen molar-refractivity contribution in [2.45, 2.75) is 12.5 Å². The highest BCUT2D eigenvalue weighted by molar-refractivity contribution is 9.10. The van der Waals surface area contributed by atoms with Gasteiger partial charge in [0.05, 0.1) is 6.04 Å². The topological polar surface area (TPSA) is 37.8 Å². The van der Waals surface area contributed by atoms with E-state index in [0.717, 1.165) is 16.7 Å². The van der Waals surface area contributed by atoms with Gasteiger partial charge in [-0.1, -0.05) is 0 Å². The molecule has 1 N–H and O–H groups in total. The lowest BCUT2D eigenvalue weighted by molar-refractivity contribution is 0.560. The van der Waals surface area contributed by atoms with Crippen molar-refractivity contribution in [1.29, 1.82) is 0 Å². The Labute approximate surface area is 107 Å². The van der Waals surface area contributed by atoms with E-state index in [1.165, 1.54) is 4.88 Å². The minimum Gasteiger partial charge on any atom is -0.310 e. The molecule has 0 bridgehead atoms. The van der Waals surface area contributed by atoms with Crippen LogP contribution in [0.15, 0.2) is 34.4 Å². The highest BCUT2D eigenvalue weighted by atomic mass is 79.9. The molecule has 0 aliphatic rings. The molecule has 0 aliphatic carbocycles. The Morgan fingerprint density at radius 1 is 1.44 bits per heavy atom. The van der Waals surface area contributed by atoms with Crippen molar-refractivity contribution in [2.75, 3.05) is 7.05 Å². The van der Waals surface area contributed by atoms with Crippen LogP contribution in [-0.4, -0.2) is 17.0 Å². The van der Waals surface area contributed by atoms with Crippen molar-refractivity contribution >= 4 is 27.3 Å². The number of halogens is 1. The molecule has 0 saturated carbocycles. The van der Waals surface area contributed by atoms with Crippen LogP contribution in [0.1, 0.15) is 16.7 Å². The lowest BCUT2D eigenvalue weighted by Gasteiger charge is -2.13. The molecule has 0 radical (unpaired) electrons. The van der Waals surface area contributed by atoms with Crippen molar-refractivity contribution in [3.8, 4) is 0 Å². The van der Waals surface area contributed by atoms with Gasteiger partial charge < -0.3 is 5.32 Å². The lowest BCUT2D eigenvalue weighted by Crippen LogP contribution is -2.20. The van der Waals surface area contributed by atoms with Gasteiger partial charge in [-0.2, -0.15) is 0 Å². The molecule has 16 heavy (non-hydrogen) atoms. The number of hydrogen-bond acceptors (Lipinski definition) is 4. The summed E-state index contributed by atoms with van der Waals surface area (Å²) in [6.45, 7) is 0. The number of aromatic nitrogens is 2. The van der Waals surface area contributed by atoms with Crippen molar-refractivity contribution in [3.63, 3.8) is 0 Å². The summed E-state index contributed by atoms with van der Waals surface area (Å²) < 4.78 is 1.16. The molecule has 0 amide bonds. The first-order chi connectivity index (χ1) is 7.81. The number of thiophene rings is 1. The Morgan fingerprint density at radius 2 is 2.19 bits per heavy atom. The van der Waals surface area contributed by atoms with E-state index in [0.29, 0.717) is 0 Å². The minimum absolute atomic E-state index is 0.163. The number of nitrogens with zero attached hydrogens (tertiary/aromatic N) is 2. The smallest absolute Gasteiger partial charge is 0.145 e. The number of likely N-dealkylation sites (N-methyl/N-ethyl adjacent to an activating group) is 1. The molecule has 0 saturated heterocycles. The summed E-state index contributed by atoms with van der Waals surface area (Å²) in [7, 11) is 1.93. The molecule has 0 aliphatic heterocycles. The van der Waals surface area contributed by atoms with Crippen molar-refractivity contribution in [3.05, 3.63) is 45.1 Å². The molecule has 2 rings (SSSR count). The highest BCUT2D eigenvalue weighted by Gasteiger charge is 2.14. The van der Waals surface area contributed by atoms with Gasteiger partial charge in [0.25, 0.3) is 0 Å². The number of rotatable bonds is 4. The van der Waals surface area contributed by atoms with Gasteiger partial charge in [-0.05, 0) is 40.5 Å². The third-order valence-corrected chi connectivity index (χ3v) is 4.28. The van der Waals surface area contributed by atoms with Gasteiger partial charge >= 0.3 is 0 Å². The summed E-state index contributed by atoms with van der Waals surface area (Å²) in [4.78, 5) is 9.86. The van der Waals surface area contributed by atoms with Crippen molar-refractivity contribution < 1.29 is 0 Å². The van der Waals surface area contributed by atoms with Crippen LogP contribution < -0.4 is 5.32 Å². The van der Waals surface area contributed by atoms with Crippen LogP contribution in [0.2, 0.25) is 0 Å². The minimum atomic E-state index is 0.163. The molecule has 1 atom stereocenters. The van der Waals surface area contributed by atoms with E-state index in [1.807, 2.05) is 13.1 Å². The Morgan fingerprint density at radius 3 is 2.75 bits per heavy atom. The number of hydrogen-bond donors (Lipinski definition) is 1. The molecule has 0 aromatic carbocycles. The molecule has 2 aromatic rings. The Balaban J connectivity index is 2.16. The molecule has 2 heterocycles. The fourth-order valence-electron chi connectivity index (χ4n) is 1.47. The van der Waals surface area contributed by atoms with E-state index in [2.05, 4.69) is 42.7 Å². The normalized spacial score (nSPS) is 12.6. The van der Waals surface area contributed by atoms with E-state index in [4.69, 9.17) is 0 Å². The van der Waals surface area contributed by atoms with E-state index >= 15 is 0 Å². The molecular formula is C11H12BrN3S. The van der Waals surface area contributed by atoms with Gasteiger partial charge in [0.2, 0.25) is 0 Å². The van der Waals surface area contributed by atoms with E-state index in [-0.39, 0.29) is 6.04 Å². The SMILES string of the molecule is CNC(Cc1sccc1Br)c1ncccn1. The summed E-state index contributed by atoms with van der Waals surface area (Å²) >= 11 is 5.28. The fraction of sp³-hybridized carbons (Fsp3) is 0.273. The maximum absolute atomic E-state index is 4.28. The van der Waals surface area contributed by atoms with E-state index < -0.39 is 0 Å². The van der Waals surface area contributed by atoms with Crippen molar-refractivity contribution in [1.82, 2.24) is 15.3 Å². The standard InChI is InChI=1S/C11H12BrN3S/c1-13-9(11-14-4-2-5-15-11)7-10-8(12)3-6-16-10/h2-6,9,13H,7H2,1H3. The summed E-state index contributed by atoms with van der Waals surface area (Å²) in [5, 5.41) is 5.33. The zero-order chi connectivity index (χ0) is 11.4. The highest BCUT2D eigenvalue weighted by Crippen LogP contribution is 2.26. The Hall–Kier alpha value is -0.780.